The van der Waals surface area contributed by atoms with Crippen LogP contribution in [0.1, 0.15) is 386 Å². The maximum absolute atomic E-state index is 13.4. The molecule has 12 unspecified atom stereocenters. The third-order valence-corrected chi connectivity index (χ3v) is 20.0. The number of amides is 1. The van der Waals surface area contributed by atoms with Crippen LogP contribution < -0.4 is 5.32 Å². The van der Waals surface area contributed by atoms with E-state index in [0.29, 0.717) is 0 Å². The van der Waals surface area contributed by atoms with Crippen molar-refractivity contribution in [2.75, 3.05) is 19.8 Å². The van der Waals surface area contributed by atoms with Gasteiger partial charge < -0.3 is 65.1 Å². The Morgan fingerprint density at radius 3 is 1.00 bits per heavy atom. The molecule has 14 heteroatoms. The average molecular weight is 1310 g/mol. The summed E-state index contributed by atoms with van der Waals surface area (Å²) >= 11 is 0. The summed E-state index contributed by atoms with van der Waals surface area (Å²) in [5.74, 6) is -0.229. The fourth-order valence-electron chi connectivity index (χ4n) is 13.7. The van der Waals surface area contributed by atoms with Gasteiger partial charge in [0, 0.05) is 6.42 Å². The molecule has 2 rings (SSSR count). The topological polar surface area (TPSA) is 228 Å². The molecule has 0 radical (unpaired) electrons. The molecular formula is C78H151NO13. The minimum atomic E-state index is -1.79. The first kappa shape index (κ1) is 86.8. The zero-order valence-corrected chi connectivity index (χ0v) is 59.8. The average Bonchev–Trinajstić information content (AvgIpc) is 0.846. The number of carbonyl (C=O) groups excluding carboxylic acids is 1. The van der Waals surface area contributed by atoms with Crippen LogP contribution in [0, 0.1) is 0 Å². The second-order valence-corrected chi connectivity index (χ2v) is 28.6. The van der Waals surface area contributed by atoms with Gasteiger partial charge in [-0.15, -0.1) is 0 Å². The largest absolute Gasteiger partial charge is 0.394 e. The molecule has 14 nitrogen and oxygen atoms in total. The lowest BCUT2D eigenvalue weighted by molar-refractivity contribution is -0.359. The van der Waals surface area contributed by atoms with E-state index in [4.69, 9.17) is 18.9 Å². The van der Waals surface area contributed by atoms with Crippen LogP contribution in [0.4, 0.5) is 0 Å². The molecule has 0 spiro atoms. The molecule has 2 aliphatic heterocycles. The van der Waals surface area contributed by atoms with Crippen LogP contribution in [0.15, 0.2) is 12.2 Å². The lowest BCUT2D eigenvalue weighted by Crippen LogP contribution is -2.65. The van der Waals surface area contributed by atoms with E-state index >= 15 is 0 Å². The van der Waals surface area contributed by atoms with Crippen molar-refractivity contribution >= 4 is 5.91 Å². The minimum Gasteiger partial charge on any atom is -0.394 e. The number of unbranched alkanes of at least 4 members (excludes halogenated alkanes) is 55. The minimum absolute atomic E-state index is 0.229. The Bertz CT molecular complexity index is 1590. The number of aliphatic hydroxyl groups is 8. The van der Waals surface area contributed by atoms with Crippen molar-refractivity contribution in [3.63, 3.8) is 0 Å². The maximum Gasteiger partial charge on any atom is 0.220 e. The maximum atomic E-state index is 13.4. The Morgan fingerprint density at radius 2 is 0.674 bits per heavy atom. The third-order valence-electron chi connectivity index (χ3n) is 20.0. The molecule has 92 heavy (non-hydrogen) atoms. The van der Waals surface area contributed by atoms with Gasteiger partial charge >= 0.3 is 0 Å². The molecule has 0 aromatic rings. The molecule has 546 valence electrons. The van der Waals surface area contributed by atoms with Crippen LogP contribution in [0.2, 0.25) is 0 Å². The van der Waals surface area contributed by atoms with Crippen LogP contribution in [-0.4, -0.2) is 140 Å². The van der Waals surface area contributed by atoms with E-state index in [0.717, 1.165) is 44.9 Å². The normalized spacial score (nSPS) is 22.6. The van der Waals surface area contributed by atoms with Crippen LogP contribution in [-0.2, 0) is 23.7 Å². The lowest BCUT2D eigenvalue weighted by Gasteiger charge is -2.46. The first-order valence-electron chi connectivity index (χ1n) is 39.9. The summed E-state index contributed by atoms with van der Waals surface area (Å²) in [5.41, 5.74) is 0. The lowest BCUT2D eigenvalue weighted by atomic mass is 9.97. The summed E-state index contributed by atoms with van der Waals surface area (Å²) in [5, 5.41) is 87.7. The molecule has 0 aromatic heterocycles. The van der Waals surface area contributed by atoms with Crippen molar-refractivity contribution in [2.24, 2.45) is 0 Å². The third kappa shape index (κ3) is 46.1. The van der Waals surface area contributed by atoms with Gasteiger partial charge in [-0.1, -0.05) is 373 Å². The molecule has 0 saturated carbocycles. The van der Waals surface area contributed by atoms with E-state index in [1.54, 1.807) is 6.08 Å². The summed E-state index contributed by atoms with van der Waals surface area (Å²) < 4.78 is 22.9. The summed E-state index contributed by atoms with van der Waals surface area (Å²) in [7, 11) is 0. The number of hydrogen-bond acceptors (Lipinski definition) is 13. The highest BCUT2D eigenvalue weighted by Gasteiger charge is 2.51. The predicted octanol–water partition coefficient (Wildman–Crippen LogP) is 17.7. The predicted molar refractivity (Wildman–Crippen MR) is 379 cm³/mol. The van der Waals surface area contributed by atoms with Crippen molar-refractivity contribution in [3.8, 4) is 0 Å². The van der Waals surface area contributed by atoms with Crippen molar-refractivity contribution in [1.29, 1.82) is 0 Å². The Hall–Kier alpha value is -1.27. The van der Waals surface area contributed by atoms with E-state index in [-0.39, 0.29) is 18.9 Å². The zero-order valence-electron chi connectivity index (χ0n) is 59.8. The van der Waals surface area contributed by atoms with Crippen LogP contribution in [0.3, 0.4) is 0 Å². The highest BCUT2D eigenvalue weighted by Crippen LogP contribution is 2.30. The van der Waals surface area contributed by atoms with E-state index < -0.39 is 86.8 Å². The number of hydrogen-bond donors (Lipinski definition) is 9. The summed E-state index contributed by atoms with van der Waals surface area (Å²) in [6, 6.07) is -0.912. The Morgan fingerprint density at radius 1 is 0.380 bits per heavy atom. The van der Waals surface area contributed by atoms with E-state index in [9.17, 15) is 45.6 Å². The highest BCUT2D eigenvalue weighted by molar-refractivity contribution is 5.76. The second kappa shape index (κ2) is 63.2. The van der Waals surface area contributed by atoms with Gasteiger partial charge in [0.25, 0.3) is 0 Å². The SMILES string of the molecule is CCCCCCCCCCCCCCCCCCCCCCCCCCCCCCCC/C=C/C(O)C(COC1OC(CO)C(OC2OC(CO)C(O)C(O)C2O)C(O)C1O)NC(=O)CCCCCCCCCCCCCCCCCCCCCCCCCCCC. The number of allylic oxidation sites excluding steroid dienone is 1. The number of ether oxygens (including phenoxy) is 4. The number of rotatable bonds is 68. The van der Waals surface area contributed by atoms with Crippen LogP contribution in [0.5, 0.6) is 0 Å². The molecule has 12 atom stereocenters. The van der Waals surface area contributed by atoms with Gasteiger partial charge in [0.15, 0.2) is 12.6 Å². The van der Waals surface area contributed by atoms with Crippen LogP contribution in [0.25, 0.3) is 0 Å². The van der Waals surface area contributed by atoms with Gasteiger partial charge in [0.1, 0.15) is 48.8 Å². The molecule has 2 aliphatic rings. The van der Waals surface area contributed by atoms with Crippen molar-refractivity contribution < 1.29 is 64.6 Å². The Kier molecular flexibility index (Phi) is 59.6. The molecule has 2 saturated heterocycles. The summed E-state index contributed by atoms with van der Waals surface area (Å²) in [6.45, 7) is 2.88. The quantitative estimate of drug-likeness (QED) is 0.0204. The monoisotopic (exact) mass is 1310 g/mol. The molecule has 2 heterocycles. The molecule has 0 aromatic carbocycles. The first-order valence-corrected chi connectivity index (χ1v) is 39.9. The first-order chi connectivity index (χ1) is 45.1. The number of nitrogens with one attached hydrogen (secondary N) is 1. The van der Waals surface area contributed by atoms with E-state index in [1.165, 1.54) is 321 Å². The summed E-state index contributed by atoms with van der Waals surface area (Å²) in [4.78, 5) is 13.4. The fourth-order valence-corrected chi connectivity index (χ4v) is 13.7. The van der Waals surface area contributed by atoms with E-state index in [2.05, 4.69) is 19.2 Å². The van der Waals surface area contributed by atoms with Crippen molar-refractivity contribution in [3.05, 3.63) is 12.2 Å². The molecular weight excluding hydrogens is 1160 g/mol. The van der Waals surface area contributed by atoms with Crippen molar-refractivity contribution in [1.82, 2.24) is 5.32 Å². The molecule has 0 bridgehead atoms. The van der Waals surface area contributed by atoms with Gasteiger partial charge in [-0.05, 0) is 19.3 Å². The Balaban J connectivity index is 1.62. The molecule has 2 fully saturated rings. The fraction of sp³-hybridized carbons (Fsp3) is 0.962. The molecule has 9 N–H and O–H groups in total. The van der Waals surface area contributed by atoms with Crippen LogP contribution >= 0.6 is 0 Å². The van der Waals surface area contributed by atoms with Gasteiger partial charge in [-0.2, -0.15) is 0 Å². The van der Waals surface area contributed by atoms with Gasteiger partial charge in [0.2, 0.25) is 5.91 Å². The summed E-state index contributed by atoms with van der Waals surface area (Å²) in [6.07, 6.45) is 63.0. The Labute approximate surface area is 565 Å². The van der Waals surface area contributed by atoms with Crippen molar-refractivity contribution in [2.45, 2.75) is 460 Å². The van der Waals surface area contributed by atoms with Gasteiger partial charge in [-0.3, -0.25) is 4.79 Å². The number of aliphatic hydroxyl groups excluding tert-OH is 8. The van der Waals surface area contributed by atoms with Gasteiger partial charge in [-0.25, -0.2) is 0 Å². The highest BCUT2D eigenvalue weighted by atomic mass is 16.7. The van der Waals surface area contributed by atoms with E-state index in [1.807, 2.05) is 6.08 Å². The molecule has 0 aliphatic carbocycles. The standard InChI is InChI=1S/C78H151NO13/c1-3-5-7-9-11-13-15-17-19-21-23-25-27-29-31-32-33-34-35-36-37-39-41-43-45-47-49-51-53-55-57-59-61-67(82)66(65-89-77-75(88)73(86)76(69(64-81)91-77)92-78-74(87)72(85)71(84)68(63-80)90-78)79-70(83)62-60-58-56-54-52-50-48-46-44-42-40-38-30-28-26-24-22-20-18-16-14-12-10-8-6-4-2/h59,61,66-69,71-78,80-82,84-88H,3-58,60,62-65H2,1-2H3,(H,79,83)/b61-59+. The molecule has 1 amide bonds. The van der Waals surface area contributed by atoms with Gasteiger partial charge in [0.05, 0.1) is 32.0 Å². The smallest absolute Gasteiger partial charge is 0.220 e. The number of carbonyl (C=O) groups is 1. The zero-order chi connectivity index (χ0) is 66.6. The second-order valence-electron chi connectivity index (χ2n) is 28.6.